The highest BCUT2D eigenvalue weighted by molar-refractivity contribution is 9.10. The summed E-state index contributed by atoms with van der Waals surface area (Å²) in [7, 11) is 0. The number of hydrogen-bond acceptors (Lipinski definition) is 2. The largest absolute Gasteiger partial charge is 0.388 e. The summed E-state index contributed by atoms with van der Waals surface area (Å²) >= 11 is 3.55. The zero-order valence-electron chi connectivity index (χ0n) is 10.2. The quantitative estimate of drug-likeness (QED) is 0.864. The van der Waals surface area contributed by atoms with Crippen molar-refractivity contribution in [2.75, 3.05) is 11.9 Å². The maximum Gasteiger partial charge on any atom is 0.0814 e. The van der Waals surface area contributed by atoms with E-state index < -0.39 is 5.60 Å². The van der Waals surface area contributed by atoms with Crippen LogP contribution in [0.5, 0.6) is 0 Å². The molecule has 0 atom stereocenters. The van der Waals surface area contributed by atoms with E-state index in [9.17, 15) is 5.11 Å². The van der Waals surface area contributed by atoms with Crippen molar-refractivity contribution in [1.82, 2.24) is 0 Å². The van der Waals surface area contributed by atoms with E-state index >= 15 is 0 Å². The average Bonchev–Trinajstić information content (AvgIpc) is 2.31. The first-order valence-electron chi connectivity index (χ1n) is 5.74. The normalized spacial score (nSPS) is 11.6. The zero-order valence-corrected chi connectivity index (χ0v) is 11.8. The van der Waals surface area contributed by atoms with Gasteiger partial charge in [0.15, 0.2) is 0 Å². The van der Waals surface area contributed by atoms with E-state index in [2.05, 4.69) is 34.2 Å². The third-order valence-electron chi connectivity index (χ3n) is 3.12. The van der Waals surface area contributed by atoms with Gasteiger partial charge in [-0.2, -0.15) is 0 Å². The maximum atomic E-state index is 10.2. The summed E-state index contributed by atoms with van der Waals surface area (Å²) in [6.45, 7) is 6.66. The Kier molecular flexibility index (Phi) is 4.81. The Balaban J connectivity index is 2.71. The molecule has 1 rings (SSSR count). The first-order chi connectivity index (χ1) is 7.52. The Morgan fingerprint density at radius 2 is 1.94 bits per heavy atom. The second kappa shape index (κ2) is 5.69. The van der Waals surface area contributed by atoms with E-state index in [0.29, 0.717) is 6.54 Å². The van der Waals surface area contributed by atoms with Crippen LogP contribution in [0.3, 0.4) is 0 Å². The molecule has 2 N–H and O–H groups in total. The van der Waals surface area contributed by atoms with Gasteiger partial charge in [-0.25, -0.2) is 0 Å². The SMILES string of the molecule is CCC(O)(CC)CNc1cccc(C)c1Br. The van der Waals surface area contributed by atoms with Crippen LogP contribution in [0.4, 0.5) is 5.69 Å². The van der Waals surface area contributed by atoms with Crippen molar-refractivity contribution in [3.05, 3.63) is 28.2 Å². The van der Waals surface area contributed by atoms with Crippen LogP contribution in [-0.2, 0) is 0 Å². The molecular formula is C13H20BrNO. The summed E-state index contributed by atoms with van der Waals surface area (Å²) in [4.78, 5) is 0. The summed E-state index contributed by atoms with van der Waals surface area (Å²) in [6, 6.07) is 6.09. The lowest BCUT2D eigenvalue weighted by molar-refractivity contribution is 0.0457. The summed E-state index contributed by atoms with van der Waals surface area (Å²) < 4.78 is 1.07. The number of halogens is 1. The van der Waals surface area contributed by atoms with Gasteiger partial charge in [-0.1, -0.05) is 26.0 Å². The molecule has 2 nitrogen and oxygen atoms in total. The molecule has 0 aliphatic carbocycles. The number of aryl methyl sites for hydroxylation is 1. The lowest BCUT2D eigenvalue weighted by atomic mass is 9.97. The Bertz CT molecular complexity index is 348. The third-order valence-corrected chi connectivity index (χ3v) is 4.17. The summed E-state index contributed by atoms with van der Waals surface area (Å²) in [5.74, 6) is 0. The topological polar surface area (TPSA) is 32.3 Å². The molecule has 0 radical (unpaired) electrons. The van der Waals surface area contributed by atoms with Gasteiger partial charge in [0.05, 0.1) is 5.60 Å². The van der Waals surface area contributed by atoms with E-state index in [1.54, 1.807) is 0 Å². The zero-order chi connectivity index (χ0) is 12.2. The van der Waals surface area contributed by atoms with E-state index in [4.69, 9.17) is 0 Å². The number of aliphatic hydroxyl groups is 1. The van der Waals surface area contributed by atoms with Crippen LogP contribution in [0.25, 0.3) is 0 Å². The fourth-order valence-corrected chi connectivity index (χ4v) is 1.95. The minimum Gasteiger partial charge on any atom is -0.388 e. The second-order valence-corrected chi connectivity index (χ2v) is 5.01. The average molecular weight is 286 g/mol. The molecule has 0 amide bonds. The van der Waals surface area contributed by atoms with Crippen LogP contribution in [0.15, 0.2) is 22.7 Å². The number of hydrogen-bond donors (Lipinski definition) is 2. The van der Waals surface area contributed by atoms with Crippen LogP contribution < -0.4 is 5.32 Å². The first-order valence-corrected chi connectivity index (χ1v) is 6.53. The van der Waals surface area contributed by atoms with Crippen LogP contribution in [0, 0.1) is 6.92 Å². The number of rotatable bonds is 5. The van der Waals surface area contributed by atoms with Gasteiger partial charge in [-0.05, 0) is 47.3 Å². The van der Waals surface area contributed by atoms with Crippen molar-refractivity contribution in [2.24, 2.45) is 0 Å². The van der Waals surface area contributed by atoms with Crippen molar-refractivity contribution >= 4 is 21.6 Å². The lowest BCUT2D eigenvalue weighted by Gasteiger charge is -2.26. The van der Waals surface area contributed by atoms with Crippen molar-refractivity contribution in [3.8, 4) is 0 Å². The van der Waals surface area contributed by atoms with Crippen LogP contribution >= 0.6 is 15.9 Å². The molecular weight excluding hydrogens is 266 g/mol. The molecule has 0 aromatic heterocycles. The minimum atomic E-state index is -0.608. The van der Waals surface area contributed by atoms with Gasteiger partial charge in [0.1, 0.15) is 0 Å². The monoisotopic (exact) mass is 285 g/mol. The van der Waals surface area contributed by atoms with Gasteiger partial charge < -0.3 is 10.4 Å². The minimum absolute atomic E-state index is 0.585. The molecule has 1 aromatic carbocycles. The fourth-order valence-electron chi connectivity index (χ4n) is 1.54. The summed E-state index contributed by atoms with van der Waals surface area (Å²) in [6.07, 6.45) is 1.53. The van der Waals surface area contributed by atoms with E-state index in [-0.39, 0.29) is 0 Å². The molecule has 0 saturated heterocycles. The molecule has 3 heteroatoms. The highest BCUT2D eigenvalue weighted by atomic mass is 79.9. The van der Waals surface area contributed by atoms with Gasteiger partial charge >= 0.3 is 0 Å². The van der Waals surface area contributed by atoms with E-state index in [1.165, 1.54) is 5.56 Å². The highest BCUT2D eigenvalue weighted by Crippen LogP contribution is 2.26. The maximum absolute atomic E-state index is 10.2. The van der Waals surface area contributed by atoms with Crippen molar-refractivity contribution in [1.29, 1.82) is 0 Å². The predicted octanol–water partition coefficient (Wildman–Crippen LogP) is 3.72. The van der Waals surface area contributed by atoms with Crippen molar-refractivity contribution in [3.63, 3.8) is 0 Å². The lowest BCUT2D eigenvalue weighted by Crippen LogP contribution is -2.35. The van der Waals surface area contributed by atoms with Gasteiger partial charge in [-0.3, -0.25) is 0 Å². The number of nitrogens with one attached hydrogen (secondary N) is 1. The molecule has 0 heterocycles. The fraction of sp³-hybridized carbons (Fsp3) is 0.538. The molecule has 0 aliphatic heterocycles. The molecule has 90 valence electrons. The van der Waals surface area contributed by atoms with Gasteiger partial charge in [0.25, 0.3) is 0 Å². The van der Waals surface area contributed by atoms with E-state index in [0.717, 1.165) is 23.0 Å². The summed E-state index contributed by atoms with van der Waals surface area (Å²) in [5.41, 5.74) is 1.63. The van der Waals surface area contributed by atoms with Crippen molar-refractivity contribution in [2.45, 2.75) is 39.2 Å². The van der Waals surface area contributed by atoms with E-state index in [1.807, 2.05) is 26.0 Å². The molecule has 0 bridgehead atoms. The van der Waals surface area contributed by atoms with Crippen LogP contribution in [0.2, 0.25) is 0 Å². The Morgan fingerprint density at radius 1 is 1.31 bits per heavy atom. The summed E-state index contributed by atoms with van der Waals surface area (Å²) in [5, 5.41) is 13.5. The molecule has 16 heavy (non-hydrogen) atoms. The molecule has 1 aromatic rings. The molecule has 0 spiro atoms. The van der Waals surface area contributed by atoms with Gasteiger partial charge in [0, 0.05) is 16.7 Å². The van der Waals surface area contributed by atoms with Gasteiger partial charge in [0.2, 0.25) is 0 Å². The smallest absolute Gasteiger partial charge is 0.0814 e. The highest BCUT2D eigenvalue weighted by Gasteiger charge is 2.21. The van der Waals surface area contributed by atoms with Gasteiger partial charge in [-0.15, -0.1) is 0 Å². The Morgan fingerprint density at radius 3 is 2.50 bits per heavy atom. The molecule has 0 unspecified atom stereocenters. The number of anilines is 1. The predicted molar refractivity (Wildman–Crippen MR) is 72.9 cm³/mol. The standard InChI is InChI=1S/C13H20BrNO/c1-4-13(16,5-2)9-15-11-8-6-7-10(3)12(11)14/h6-8,15-16H,4-5,9H2,1-3H3. The van der Waals surface area contributed by atoms with Crippen LogP contribution in [0.1, 0.15) is 32.3 Å². The van der Waals surface area contributed by atoms with Crippen molar-refractivity contribution < 1.29 is 5.11 Å². The third kappa shape index (κ3) is 3.22. The Hall–Kier alpha value is -0.540. The molecule has 0 saturated carbocycles. The second-order valence-electron chi connectivity index (χ2n) is 4.22. The first kappa shape index (κ1) is 13.5. The van der Waals surface area contributed by atoms with Crippen LogP contribution in [-0.4, -0.2) is 17.3 Å². The Labute approximate surface area is 106 Å². The number of benzene rings is 1. The molecule has 0 fully saturated rings. The molecule has 0 aliphatic rings.